The van der Waals surface area contributed by atoms with Crippen molar-refractivity contribution in [2.75, 3.05) is 25.1 Å². The number of nitrogens with one attached hydrogen (secondary N) is 1. The molecule has 1 aromatic rings. The van der Waals surface area contributed by atoms with E-state index < -0.39 is 10.0 Å². The van der Waals surface area contributed by atoms with Crippen LogP contribution < -0.4 is 14.4 Å². The van der Waals surface area contributed by atoms with Crippen molar-refractivity contribution >= 4 is 21.6 Å². The molecular weight excluding hydrogens is 340 g/mol. The molecule has 1 N–H and O–H groups in total. The molecule has 3 rings (SSSR count). The molecule has 0 radical (unpaired) electrons. The van der Waals surface area contributed by atoms with Gasteiger partial charge in [-0.25, -0.2) is 13.1 Å². The summed E-state index contributed by atoms with van der Waals surface area (Å²) < 4.78 is 33.3. The maximum atomic E-state index is 12.6. The first-order valence-electron chi connectivity index (χ1n) is 8.67. The SMILES string of the molecule is COc1ccc(S(=O)(=O)NCC2=CCCCC2)cc1N1CCCC1=O. The minimum absolute atomic E-state index is 0.00633. The van der Waals surface area contributed by atoms with Crippen molar-refractivity contribution in [1.82, 2.24) is 4.72 Å². The second-order valence-corrected chi connectivity index (χ2v) is 8.18. The van der Waals surface area contributed by atoms with Gasteiger partial charge in [0.25, 0.3) is 0 Å². The Morgan fingerprint density at radius 3 is 2.68 bits per heavy atom. The Kier molecular flexibility index (Phi) is 5.44. The molecule has 1 aromatic carbocycles. The number of anilines is 1. The lowest BCUT2D eigenvalue weighted by molar-refractivity contribution is -0.117. The van der Waals surface area contributed by atoms with Gasteiger partial charge in [0.05, 0.1) is 17.7 Å². The van der Waals surface area contributed by atoms with Crippen molar-refractivity contribution < 1.29 is 17.9 Å². The van der Waals surface area contributed by atoms with Crippen LogP contribution in [0.15, 0.2) is 34.7 Å². The van der Waals surface area contributed by atoms with E-state index in [0.29, 0.717) is 30.9 Å². The first-order valence-corrected chi connectivity index (χ1v) is 10.2. The third-order valence-electron chi connectivity index (χ3n) is 4.70. The quantitative estimate of drug-likeness (QED) is 0.787. The Morgan fingerprint density at radius 1 is 1.20 bits per heavy atom. The van der Waals surface area contributed by atoms with Crippen molar-refractivity contribution in [2.45, 2.75) is 43.4 Å². The van der Waals surface area contributed by atoms with Crippen LogP contribution in [0, 0.1) is 0 Å². The molecule has 136 valence electrons. The molecular formula is C18H24N2O4S. The van der Waals surface area contributed by atoms with Crippen LogP contribution in [-0.4, -0.2) is 34.5 Å². The fraction of sp³-hybridized carbons (Fsp3) is 0.500. The van der Waals surface area contributed by atoms with Crippen LogP contribution in [0.1, 0.15) is 38.5 Å². The summed E-state index contributed by atoms with van der Waals surface area (Å²) in [6, 6.07) is 4.65. The Morgan fingerprint density at radius 2 is 2.04 bits per heavy atom. The molecule has 0 atom stereocenters. The molecule has 1 heterocycles. The molecule has 1 fully saturated rings. The monoisotopic (exact) mass is 364 g/mol. The number of allylic oxidation sites excluding steroid dienone is 1. The number of rotatable bonds is 6. The van der Waals surface area contributed by atoms with Crippen molar-refractivity contribution in [1.29, 1.82) is 0 Å². The molecule has 7 heteroatoms. The van der Waals surface area contributed by atoms with Gasteiger partial charge >= 0.3 is 0 Å². The summed E-state index contributed by atoms with van der Waals surface area (Å²) in [5.74, 6) is 0.498. The lowest BCUT2D eigenvalue weighted by atomic mass is 10.0. The van der Waals surface area contributed by atoms with Crippen molar-refractivity contribution in [2.24, 2.45) is 0 Å². The maximum Gasteiger partial charge on any atom is 0.240 e. The van der Waals surface area contributed by atoms with Gasteiger partial charge in [0.1, 0.15) is 5.75 Å². The van der Waals surface area contributed by atoms with Crippen LogP contribution in [0.3, 0.4) is 0 Å². The Balaban J connectivity index is 1.83. The minimum Gasteiger partial charge on any atom is -0.495 e. The average molecular weight is 364 g/mol. The fourth-order valence-corrected chi connectivity index (χ4v) is 4.34. The number of carbonyl (C=O) groups is 1. The molecule has 0 unspecified atom stereocenters. The summed E-state index contributed by atoms with van der Waals surface area (Å²) >= 11 is 0. The number of sulfonamides is 1. The summed E-state index contributed by atoms with van der Waals surface area (Å²) in [6.45, 7) is 0.922. The van der Waals surface area contributed by atoms with E-state index in [1.807, 2.05) is 0 Å². The van der Waals surface area contributed by atoms with Crippen LogP contribution in [0.2, 0.25) is 0 Å². The van der Waals surface area contributed by atoms with E-state index in [1.165, 1.54) is 25.7 Å². The second-order valence-electron chi connectivity index (χ2n) is 6.42. The molecule has 25 heavy (non-hydrogen) atoms. The van der Waals surface area contributed by atoms with E-state index in [4.69, 9.17) is 4.74 Å². The van der Waals surface area contributed by atoms with Gasteiger partial charge in [-0.3, -0.25) is 4.79 Å². The number of carbonyl (C=O) groups excluding carboxylic acids is 1. The number of nitrogens with zero attached hydrogens (tertiary/aromatic N) is 1. The molecule has 6 nitrogen and oxygen atoms in total. The molecule has 0 spiro atoms. The maximum absolute atomic E-state index is 12.6. The summed E-state index contributed by atoms with van der Waals surface area (Å²) in [5.41, 5.74) is 1.66. The van der Waals surface area contributed by atoms with Crippen LogP contribution in [0.5, 0.6) is 5.75 Å². The van der Waals surface area contributed by atoms with E-state index in [-0.39, 0.29) is 10.8 Å². The Bertz CT molecular complexity index is 786. The standard InChI is InChI=1S/C18H24N2O4S/c1-24-17-10-9-15(12-16(17)20-11-5-8-18(20)21)25(22,23)19-13-14-6-3-2-4-7-14/h6,9-10,12,19H,2-5,7-8,11,13H2,1H3. The molecule has 1 aliphatic carbocycles. The molecule has 1 saturated heterocycles. The zero-order valence-electron chi connectivity index (χ0n) is 14.5. The summed E-state index contributed by atoms with van der Waals surface area (Å²) in [5, 5.41) is 0. The lowest BCUT2D eigenvalue weighted by Crippen LogP contribution is -2.28. The van der Waals surface area contributed by atoms with Crippen molar-refractivity contribution in [3.8, 4) is 5.75 Å². The Hall–Kier alpha value is -1.86. The Labute approximate surface area is 148 Å². The molecule has 0 aromatic heterocycles. The van der Waals surface area contributed by atoms with Gasteiger partial charge in [-0.05, 0) is 50.3 Å². The molecule has 2 aliphatic rings. The smallest absolute Gasteiger partial charge is 0.240 e. The molecule has 1 amide bonds. The number of hydrogen-bond donors (Lipinski definition) is 1. The van der Waals surface area contributed by atoms with Gasteiger partial charge < -0.3 is 9.64 Å². The van der Waals surface area contributed by atoms with Crippen LogP contribution in [0.4, 0.5) is 5.69 Å². The van der Waals surface area contributed by atoms with E-state index in [2.05, 4.69) is 10.8 Å². The first kappa shape index (κ1) is 17.9. The predicted octanol–water partition coefficient (Wildman–Crippen LogP) is 2.60. The molecule has 0 bridgehead atoms. The predicted molar refractivity (Wildman–Crippen MR) is 96.3 cm³/mol. The number of methoxy groups -OCH3 is 1. The highest BCUT2D eigenvalue weighted by atomic mass is 32.2. The molecule has 1 aliphatic heterocycles. The number of hydrogen-bond acceptors (Lipinski definition) is 4. The highest BCUT2D eigenvalue weighted by Gasteiger charge is 2.26. The van der Waals surface area contributed by atoms with Crippen LogP contribution in [-0.2, 0) is 14.8 Å². The van der Waals surface area contributed by atoms with E-state index in [9.17, 15) is 13.2 Å². The summed E-state index contributed by atoms with van der Waals surface area (Å²) in [4.78, 5) is 13.8. The van der Waals surface area contributed by atoms with Gasteiger partial charge in [-0.1, -0.05) is 11.6 Å². The van der Waals surface area contributed by atoms with E-state index >= 15 is 0 Å². The summed E-state index contributed by atoms with van der Waals surface area (Å²) in [6.07, 6.45) is 7.60. The zero-order chi connectivity index (χ0) is 17.9. The molecule has 0 saturated carbocycles. The van der Waals surface area contributed by atoms with Gasteiger partial charge in [0.2, 0.25) is 15.9 Å². The summed E-state index contributed by atoms with van der Waals surface area (Å²) in [7, 11) is -2.12. The van der Waals surface area contributed by atoms with Crippen molar-refractivity contribution in [3.63, 3.8) is 0 Å². The van der Waals surface area contributed by atoms with E-state index in [1.54, 1.807) is 11.0 Å². The largest absolute Gasteiger partial charge is 0.495 e. The van der Waals surface area contributed by atoms with Gasteiger partial charge in [-0.15, -0.1) is 0 Å². The number of amides is 1. The topological polar surface area (TPSA) is 75.7 Å². The highest BCUT2D eigenvalue weighted by molar-refractivity contribution is 7.89. The van der Waals surface area contributed by atoms with Crippen LogP contribution in [0.25, 0.3) is 0 Å². The van der Waals surface area contributed by atoms with Gasteiger partial charge in [-0.2, -0.15) is 0 Å². The number of ether oxygens (including phenoxy) is 1. The first-order chi connectivity index (χ1) is 12.0. The van der Waals surface area contributed by atoms with Gasteiger partial charge in [0, 0.05) is 19.5 Å². The average Bonchev–Trinajstić information content (AvgIpc) is 3.06. The fourth-order valence-electron chi connectivity index (χ4n) is 3.29. The lowest BCUT2D eigenvalue weighted by Gasteiger charge is -2.20. The van der Waals surface area contributed by atoms with E-state index in [0.717, 1.165) is 31.3 Å². The van der Waals surface area contributed by atoms with Crippen molar-refractivity contribution in [3.05, 3.63) is 29.8 Å². The normalized spacial score (nSPS) is 18.4. The highest BCUT2D eigenvalue weighted by Crippen LogP contribution is 2.33. The zero-order valence-corrected chi connectivity index (χ0v) is 15.3. The second kappa shape index (κ2) is 7.58. The third-order valence-corrected chi connectivity index (χ3v) is 6.10. The minimum atomic E-state index is -3.64. The van der Waals surface area contributed by atoms with Crippen LogP contribution >= 0.6 is 0 Å². The third kappa shape index (κ3) is 4.04. The van der Waals surface area contributed by atoms with Gasteiger partial charge in [0.15, 0.2) is 0 Å². The number of benzene rings is 1.